The molecule has 0 aromatic heterocycles. The summed E-state index contributed by atoms with van der Waals surface area (Å²) in [5, 5.41) is 2.69. The first-order chi connectivity index (χ1) is 21.6. The minimum atomic E-state index is -4.25. The van der Waals surface area contributed by atoms with Crippen LogP contribution in [0.2, 0.25) is 0 Å². The molecule has 1 atom stereocenters. The van der Waals surface area contributed by atoms with Crippen LogP contribution in [0.3, 0.4) is 0 Å². The van der Waals surface area contributed by atoms with Gasteiger partial charge in [-0.15, -0.1) is 0 Å². The lowest BCUT2D eigenvalue weighted by Crippen LogP contribution is -2.53. The molecule has 4 aromatic rings. The first-order valence-electron chi connectivity index (χ1n) is 14.2. The molecule has 9 nitrogen and oxygen atoms in total. The summed E-state index contributed by atoms with van der Waals surface area (Å²) in [5.41, 5.74) is 2.71. The van der Waals surface area contributed by atoms with E-state index in [1.807, 2.05) is 61.5 Å². The second kappa shape index (κ2) is 15.1. The van der Waals surface area contributed by atoms with Crippen LogP contribution in [0.5, 0.6) is 11.5 Å². The van der Waals surface area contributed by atoms with E-state index in [1.165, 1.54) is 44.4 Å². The lowest BCUT2D eigenvalue weighted by Gasteiger charge is -2.33. The molecule has 0 heterocycles. The maximum absolute atomic E-state index is 14.4. The number of rotatable bonds is 13. The van der Waals surface area contributed by atoms with E-state index >= 15 is 0 Å². The number of halogens is 1. The van der Waals surface area contributed by atoms with Crippen LogP contribution in [0.25, 0.3) is 0 Å². The number of hydrogen-bond acceptors (Lipinski definition) is 6. The van der Waals surface area contributed by atoms with Crippen LogP contribution in [0, 0.1) is 6.92 Å². The minimum Gasteiger partial charge on any atom is -0.493 e. The average molecular weight is 695 g/mol. The van der Waals surface area contributed by atoms with E-state index < -0.39 is 28.5 Å². The van der Waals surface area contributed by atoms with E-state index in [1.54, 1.807) is 24.3 Å². The van der Waals surface area contributed by atoms with Crippen LogP contribution in [0.15, 0.2) is 106 Å². The van der Waals surface area contributed by atoms with Gasteiger partial charge in [-0.25, -0.2) is 8.42 Å². The van der Waals surface area contributed by atoms with Gasteiger partial charge >= 0.3 is 0 Å². The average Bonchev–Trinajstić information content (AvgIpc) is 3.05. The molecule has 4 rings (SSSR count). The van der Waals surface area contributed by atoms with Crippen molar-refractivity contribution in [2.75, 3.05) is 32.1 Å². The quantitative estimate of drug-likeness (QED) is 0.202. The molecule has 11 heteroatoms. The number of likely N-dealkylation sites (N-methyl/N-ethyl adjacent to an activating group) is 1. The fraction of sp³-hybridized carbons (Fsp3) is 0.235. The summed E-state index contributed by atoms with van der Waals surface area (Å²) in [4.78, 5) is 29.3. The van der Waals surface area contributed by atoms with Gasteiger partial charge in [0.1, 0.15) is 12.6 Å². The van der Waals surface area contributed by atoms with E-state index in [-0.39, 0.29) is 29.5 Å². The van der Waals surface area contributed by atoms with Gasteiger partial charge in [0.05, 0.1) is 24.8 Å². The fourth-order valence-electron chi connectivity index (χ4n) is 4.85. The SMILES string of the molecule is CNC(=O)[C@@H](Cc1ccccc1)N(Cc1ccc(Br)cc1)C(=O)CN(c1ccc(OC)c(OC)c1)S(=O)(=O)c1ccc(C)cc1. The zero-order valence-corrected chi connectivity index (χ0v) is 28.0. The van der Waals surface area contributed by atoms with E-state index in [9.17, 15) is 18.0 Å². The molecule has 0 radical (unpaired) electrons. The van der Waals surface area contributed by atoms with Gasteiger partial charge in [0.2, 0.25) is 11.8 Å². The van der Waals surface area contributed by atoms with Crippen LogP contribution in [-0.2, 0) is 32.6 Å². The second-order valence-corrected chi connectivity index (χ2v) is 13.1. The molecule has 0 aliphatic rings. The number of nitrogens with one attached hydrogen (secondary N) is 1. The third-order valence-corrected chi connectivity index (χ3v) is 9.64. The Morgan fingerprint density at radius 1 is 0.844 bits per heavy atom. The molecule has 2 amide bonds. The predicted molar refractivity (Wildman–Crippen MR) is 178 cm³/mol. The molecule has 1 N–H and O–H groups in total. The lowest BCUT2D eigenvalue weighted by atomic mass is 10.0. The van der Waals surface area contributed by atoms with Crippen molar-refractivity contribution in [3.8, 4) is 11.5 Å². The summed E-state index contributed by atoms with van der Waals surface area (Å²) < 4.78 is 41.1. The minimum absolute atomic E-state index is 0.0160. The van der Waals surface area contributed by atoms with Crippen molar-refractivity contribution in [1.82, 2.24) is 10.2 Å². The number of hydrogen-bond donors (Lipinski definition) is 1. The first kappa shape index (κ1) is 33.5. The van der Waals surface area contributed by atoms with Gasteiger partial charge in [0.25, 0.3) is 10.0 Å². The summed E-state index contributed by atoms with van der Waals surface area (Å²) in [6.45, 7) is 1.35. The highest BCUT2D eigenvalue weighted by Gasteiger charge is 2.34. The van der Waals surface area contributed by atoms with E-state index in [0.29, 0.717) is 11.5 Å². The van der Waals surface area contributed by atoms with Crippen LogP contribution >= 0.6 is 15.9 Å². The number of carbonyl (C=O) groups excluding carboxylic acids is 2. The largest absolute Gasteiger partial charge is 0.493 e. The first-order valence-corrected chi connectivity index (χ1v) is 16.4. The third kappa shape index (κ3) is 8.23. The standard InChI is InChI=1S/C34H36BrN3O6S/c1-24-10-17-29(18-11-24)45(41,42)38(28-16-19-31(43-3)32(21-28)44-4)23-33(39)37(22-26-12-14-27(35)15-13-26)30(34(40)36-2)20-25-8-6-5-7-9-25/h5-19,21,30H,20,22-23H2,1-4H3,(H,36,40)/t30-/m1/s1. The molecule has 0 aliphatic heterocycles. The Morgan fingerprint density at radius 2 is 1.49 bits per heavy atom. The molecule has 236 valence electrons. The van der Waals surface area contributed by atoms with Gasteiger partial charge in [0, 0.05) is 30.6 Å². The van der Waals surface area contributed by atoms with Gasteiger partial charge in [-0.05, 0) is 54.4 Å². The number of carbonyl (C=O) groups is 2. The number of aryl methyl sites for hydroxylation is 1. The maximum atomic E-state index is 14.4. The summed E-state index contributed by atoms with van der Waals surface area (Å²) >= 11 is 3.44. The monoisotopic (exact) mass is 693 g/mol. The zero-order chi connectivity index (χ0) is 32.6. The van der Waals surface area contributed by atoms with Crippen molar-refractivity contribution >= 4 is 43.5 Å². The molecule has 0 saturated carbocycles. The number of amides is 2. The Morgan fingerprint density at radius 3 is 2.09 bits per heavy atom. The Balaban J connectivity index is 1.82. The van der Waals surface area contributed by atoms with Crippen LogP contribution in [0.1, 0.15) is 16.7 Å². The number of methoxy groups -OCH3 is 2. The van der Waals surface area contributed by atoms with Crippen molar-refractivity contribution in [1.29, 1.82) is 0 Å². The van der Waals surface area contributed by atoms with Gasteiger partial charge in [0.15, 0.2) is 11.5 Å². The van der Waals surface area contributed by atoms with Crippen molar-refractivity contribution in [3.05, 3.63) is 118 Å². The van der Waals surface area contributed by atoms with E-state index in [0.717, 1.165) is 25.5 Å². The zero-order valence-electron chi connectivity index (χ0n) is 25.6. The van der Waals surface area contributed by atoms with Crippen molar-refractivity contribution in [2.45, 2.75) is 30.8 Å². The summed E-state index contributed by atoms with van der Waals surface area (Å²) in [6, 6.07) is 26.9. The predicted octanol–water partition coefficient (Wildman–Crippen LogP) is 5.36. The highest BCUT2D eigenvalue weighted by atomic mass is 79.9. The number of anilines is 1. The Labute approximate surface area is 273 Å². The lowest BCUT2D eigenvalue weighted by molar-refractivity contribution is -0.139. The molecule has 0 saturated heterocycles. The van der Waals surface area contributed by atoms with Crippen molar-refractivity contribution < 1.29 is 27.5 Å². The maximum Gasteiger partial charge on any atom is 0.264 e. The number of nitrogens with zero attached hydrogens (tertiary/aromatic N) is 2. The summed E-state index contributed by atoms with van der Waals surface area (Å²) in [6.07, 6.45) is 0.226. The third-order valence-electron chi connectivity index (χ3n) is 7.33. The van der Waals surface area contributed by atoms with Gasteiger partial charge in [-0.1, -0.05) is 76.1 Å². The van der Waals surface area contributed by atoms with Crippen LogP contribution in [0.4, 0.5) is 5.69 Å². The Bertz CT molecular complexity index is 1720. The van der Waals surface area contributed by atoms with E-state index in [2.05, 4.69) is 21.2 Å². The van der Waals surface area contributed by atoms with Crippen LogP contribution < -0.4 is 19.1 Å². The fourth-order valence-corrected chi connectivity index (χ4v) is 6.52. The highest BCUT2D eigenvalue weighted by Crippen LogP contribution is 2.34. The molecule has 45 heavy (non-hydrogen) atoms. The molecule has 0 unspecified atom stereocenters. The highest BCUT2D eigenvalue weighted by molar-refractivity contribution is 9.10. The Hall–Kier alpha value is -4.35. The van der Waals surface area contributed by atoms with Crippen molar-refractivity contribution in [3.63, 3.8) is 0 Å². The van der Waals surface area contributed by atoms with Gasteiger partial charge in [-0.2, -0.15) is 0 Å². The number of ether oxygens (including phenoxy) is 2. The molecule has 0 bridgehead atoms. The summed E-state index contributed by atoms with van der Waals surface area (Å²) in [5.74, 6) is -0.235. The molecule has 4 aromatic carbocycles. The van der Waals surface area contributed by atoms with Crippen molar-refractivity contribution in [2.24, 2.45) is 0 Å². The number of benzene rings is 4. The normalized spacial score (nSPS) is 11.8. The van der Waals surface area contributed by atoms with Gasteiger partial charge in [-0.3, -0.25) is 13.9 Å². The molecular weight excluding hydrogens is 658 g/mol. The molecule has 0 spiro atoms. The summed E-state index contributed by atoms with van der Waals surface area (Å²) in [7, 11) is 0.191. The number of sulfonamides is 1. The van der Waals surface area contributed by atoms with E-state index in [4.69, 9.17) is 9.47 Å². The second-order valence-electron chi connectivity index (χ2n) is 10.3. The van der Waals surface area contributed by atoms with Gasteiger partial charge < -0.3 is 19.7 Å². The smallest absolute Gasteiger partial charge is 0.264 e. The molecule has 0 fully saturated rings. The topological polar surface area (TPSA) is 105 Å². The molecule has 0 aliphatic carbocycles. The van der Waals surface area contributed by atoms with Crippen LogP contribution in [-0.4, -0.2) is 59.0 Å². The Kier molecular flexibility index (Phi) is 11.2. The molecular formula is C34H36BrN3O6S.